The lowest BCUT2D eigenvalue weighted by atomic mass is 10.1. The maximum Gasteiger partial charge on any atom is 0.574 e. The third kappa shape index (κ3) is 4.68. The van der Waals surface area contributed by atoms with Crippen LogP contribution in [-0.2, 0) is 22.1 Å². The zero-order valence-corrected chi connectivity index (χ0v) is 10.2. The van der Waals surface area contributed by atoms with Gasteiger partial charge in [0.25, 0.3) is 0 Å². The molecule has 0 saturated heterocycles. The van der Waals surface area contributed by atoms with Gasteiger partial charge in [-0.1, -0.05) is 0 Å². The van der Waals surface area contributed by atoms with Gasteiger partial charge in [-0.2, -0.15) is 13.2 Å². The van der Waals surface area contributed by atoms with E-state index in [1.54, 1.807) is 0 Å². The molecule has 1 N–H and O–H groups in total. The number of aromatic nitrogens is 1. The molecule has 0 aliphatic carbocycles. The van der Waals surface area contributed by atoms with Crippen molar-refractivity contribution in [3.8, 4) is 11.6 Å². The van der Waals surface area contributed by atoms with Crippen LogP contribution in [0.5, 0.6) is 11.6 Å². The van der Waals surface area contributed by atoms with E-state index in [1.807, 2.05) is 0 Å². The molecule has 1 rings (SSSR count). The highest BCUT2D eigenvalue weighted by Gasteiger charge is 2.39. The standard InChI is InChI=1S/C10H7F6NO4/c1-20-6(19)3-4-2-5(18)7(9(11,12)13)17-8(4)21-10(14,15)16/h2,18H,3H2,1H3. The molecule has 1 aromatic heterocycles. The first kappa shape index (κ1) is 16.9. The molecule has 0 amide bonds. The van der Waals surface area contributed by atoms with Crippen LogP contribution in [0.1, 0.15) is 11.3 Å². The van der Waals surface area contributed by atoms with Crippen molar-refractivity contribution >= 4 is 5.97 Å². The van der Waals surface area contributed by atoms with E-state index < -0.39 is 47.8 Å². The summed E-state index contributed by atoms with van der Waals surface area (Å²) in [4.78, 5) is 13.6. The third-order valence-corrected chi connectivity index (χ3v) is 2.08. The topological polar surface area (TPSA) is 68.7 Å². The number of carbonyl (C=O) groups excluding carboxylic acids is 1. The van der Waals surface area contributed by atoms with Gasteiger partial charge in [0.2, 0.25) is 5.88 Å². The summed E-state index contributed by atoms with van der Waals surface area (Å²) < 4.78 is 81.4. The van der Waals surface area contributed by atoms with Crippen molar-refractivity contribution in [2.75, 3.05) is 7.11 Å². The summed E-state index contributed by atoms with van der Waals surface area (Å²) in [5.74, 6) is -3.98. The molecule has 0 aliphatic rings. The Labute approximate surface area is 113 Å². The van der Waals surface area contributed by atoms with Gasteiger partial charge >= 0.3 is 18.5 Å². The molecule has 0 saturated carbocycles. The summed E-state index contributed by atoms with van der Waals surface area (Å²) in [6.07, 6.45) is -11.4. The van der Waals surface area contributed by atoms with Crippen molar-refractivity contribution in [1.82, 2.24) is 4.98 Å². The number of hydrogen-bond acceptors (Lipinski definition) is 5. The van der Waals surface area contributed by atoms with E-state index in [0.29, 0.717) is 6.07 Å². The van der Waals surface area contributed by atoms with Crippen molar-refractivity contribution in [3.05, 3.63) is 17.3 Å². The number of carbonyl (C=O) groups is 1. The molecule has 0 fully saturated rings. The minimum absolute atomic E-state index is 0.313. The molecule has 0 bridgehead atoms. The van der Waals surface area contributed by atoms with E-state index in [4.69, 9.17) is 5.11 Å². The zero-order valence-electron chi connectivity index (χ0n) is 10.2. The fourth-order valence-electron chi connectivity index (χ4n) is 1.29. The number of aromatic hydroxyl groups is 1. The van der Waals surface area contributed by atoms with E-state index in [0.717, 1.165) is 7.11 Å². The average Bonchev–Trinajstić information content (AvgIpc) is 2.29. The minimum atomic E-state index is -5.32. The number of hydrogen-bond donors (Lipinski definition) is 1. The Morgan fingerprint density at radius 3 is 2.29 bits per heavy atom. The second-order valence-corrected chi connectivity index (χ2v) is 3.62. The van der Waals surface area contributed by atoms with Crippen molar-refractivity contribution in [2.24, 2.45) is 0 Å². The summed E-state index contributed by atoms with van der Waals surface area (Å²) in [5.41, 5.74) is -2.67. The molecule has 0 spiro atoms. The first-order chi connectivity index (χ1) is 9.44. The van der Waals surface area contributed by atoms with Crippen LogP contribution < -0.4 is 4.74 Å². The lowest BCUT2D eigenvalue weighted by Crippen LogP contribution is -2.21. The maximum atomic E-state index is 12.5. The van der Waals surface area contributed by atoms with Crippen LogP contribution in [0.2, 0.25) is 0 Å². The van der Waals surface area contributed by atoms with Crippen LogP contribution >= 0.6 is 0 Å². The van der Waals surface area contributed by atoms with Crippen molar-refractivity contribution in [2.45, 2.75) is 19.0 Å². The van der Waals surface area contributed by atoms with Crippen molar-refractivity contribution in [1.29, 1.82) is 0 Å². The molecule has 0 atom stereocenters. The van der Waals surface area contributed by atoms with Crippen LogP contribution in [0.3, 0.4) is 0 Å². The van der Waals surface area contributed by atoms with E-state index in [2.05, 4.69) is 14.5 Å². The highest BCUT2D eigenvalue weighted by molar-refractivity contribution is 5.73. The highest BCUT2D eigenvalue weighted by Crippen LogP contribution is 2.38. The average molecular weight is 319 g/mol. The Morgan fingerprint density at radius 2 is 1.86 bits per heavy atom. The highest BCUT2D eigenvalue weighted by atomic mass is 19.4. The van der Waals surface area contributed by atoms with Gasteiger partial charge in [0.15, 0.2) is 5.69 Å². The van der Waals surface area contributed by atoms with Crippen LogP contribution in [0.4, 0.5) is 26.3 Å². The Kier molecular flexibility index (Phi) is 4.54. The van der Waals surface area contributed by atoms with Crippen LogP contribution in [-0.4, -0.2) is 29.5 Å². The number of alkyl halides is 6. The predicted molar refractivity (Wildman–Crippen MR) is 53.3 cm³/mol. The molecule has 118 valence electrons. The zero-order chi connectivity index (χ0) is 16.4. The van der Waals surface area contributed by atoms with Crippen LogP contribution in [0.15, 0.2) is 6.07 Å². The molecule has 0 aromatic carbocycles. The lowest BCUT2D eigenvalue weighted by molar-refractivity contribution is -0.276. The lowest BCUT2D eigenvalue weighted by Gasteiger charge is -2.15. The normalized spacial score (nSPS) is 12.1. The van der Waals surface area contributed by atoms with E-state index in [9.17, 15) is 31.1 Å². The van der Waals surface area contributed by atoms with Gasteiger partial charge in [-0.25, -0.2) is 4.98 Å². The molecule has 1 aromatic rings. The first-order valence-corrected chi connectivity index (χ1v) is 5.06. The van der Waals surface area contributed by atoms with Crippen LogP contribution in [0, 0.1) is 0 Å². The first-order valence-electron chi connectivity index (χ1n) is 5.06. The number of methoxy groups -OCH3 is 1. The van der Waals surface area contributed by atoms with Gasteiger partial charge < -0.3 is 14.6 Å². The van der Waals surface area contributed by atoms with Gasteiger partial charge in [-0.15, -0.1) is 13.2 Å². The van der Waals surface area contributed by atoms with Crippen molar-refractivity contribution < 1.29 is 45.7 Å². The number of esters is 1. The molecule has 21 heavy (non-hydrogen) atoms. The van der Waals surface area contributed by atoms with Gasteiger partial charge in [-0.3, -0.25) is 4.79 Å². The van der Waals surface area contributed by atoms with Crippen LogP contribution in [0.25, 0.3) is 0 Å². The Balaban J connectivity index is 3.35. The Bertz CT molecular complexity index is 540. The molecule has 0 aliphatic heterocycles. The van der Waals surface area contributed by atoms with E-state index in [-0.39, 0.29) is 0 Å². The fourth-order valence-corrected chi connectivity index (χ4v) is 1.29. The smallest absolute Gasteiger partial charge is 0.506 e. The minimum Gasteiger partial charge on any atom is -0.506 e. The summed E-state index contributed by atoms with van der Waals surface area (Å²) in [6.45, 7) is 0. The number of ether oxygens (including phenoxy) is 2. The molecular weight excluding hydrogens is 312 g/mol. The predicted octanol–water partition coefficient (Wildman–Crippen LogP) is 2.42. The monoisotopic (exact) mass is 319 g/mol. The van der Waals surface area contributed by atoms with E-state index in [1.165, 1.54) is 0 Å². The largest absolute Gasteiger partial charge is 0.574 e. The molecule has 1 heterocycles. The number of halogens is 6. The summed E-state index contributed by atoms with van der Waals surface area (Å²) in [6, 6.07) is 0.313. The molecular formula is C10H7F6NO4. The quantitative estimate of drug-likeness (QED) is 0.684. The molecule has 0 radical (unpaired) electrons. The van der Waals surface area contributed by atoms with Gasteiger partial charge in [0, 0.05) is 5.56 Å². The fraction of sp³-hybridized carbons (Fsp3) is 0.400. The summed E-state index contributed by atoms with van der Waals surface area (Å²) >= 11 is 0. The number of rotatable bonds is 3. The SMILES string of the molecule is COC(=O)Cc1cc(O)c(C(F)(F)F)nc1OC(F)(F)F. The van der Waals surface area contributed by atoms with Crippen molar-refractivity contribution in [3.63, 3.8) is 0 Å². The third-order valence-electron chi connectivity index (χ3n) is 2.08. The van der Waals surface area contributed by atoms with Gasteiger partial charge in [0.05, 0.1) is 13.5 Å². The number of nitrogens with zero attached hydrogens (tertiary/aromatic N) is 1. The molecule has 5 nitrogen and oxygen atoms in total. The summed E-state index contributed by atoms with van der Waals surface area (Å²) in [5, 5.41) is 9.16. The van der Waals surface area contributed by atoms with Gasteiger partial charge in [0.1, 0.15) is 5.75 Å². The number of pyridine rings is 1. The van der Waals surface area contributed by atoms with E-state index >= 15 is 0 Å². The molecule has 11 heteroatoms. The van der Waals surface area contributed by atoms with Gasteiger partial charge in [-0.05, 0) is 6.07 Å². The maximum absolute atomic E-state index is 12.5. The molecule has 0 unspecified atom stereocenters. The second kappa shape index (κ2) is 5.66. The summed E-state index contributed by atoms with van der Waals surface area (Å²) in [7, 11) is 0.921. The Hall–Kier alpha value is -2.20. The second-order valence-electron chi connectivity index (χ2n) is 3.62. The Morgan fingerprint density at radius 1 is 1.29 bits per heavy atom.